The highest BCUT2D eigenvalue weighted by atomic mass is 35.5. The smallest absolute Gasteiger partial charge is 0.0921 e. The summed E-state index contributed by atoms with van der Waals surface area (Å²) in [6.07, 6.45) is 12.5. The highest BCUT2D eigenvalue weighted by Gasteiger charge is 1.93. The molecule has 0 unspecified atom stereocenters. The number of imidazole rings is 2. The van der Waals surface area contributed by atoms with E-state index in [1.165, 1.54) is 0 Å². The van der Waals surface area contributed by atoms with Gasteiger partial charge in [-0.15, -0.1) is 0 Å². The van der Waals surface area contributed by atoms with Crippen LogP contribution in [0, 0.1) is 0 Å². The van der Waals surface area contributed by atoms with Gasteiger partial charge in [-0.25, -0.2) is 9.97 Å². The van der Waals surface area contributed by atoms with Gasteiger partial charge in [-0.05, 0) is 35.4 Å². The molecule has 0 aliphatic rings. The van der Waals surface area contributed by atoms with Crippen LogP contribution in [0.2, 0.25) is 10.0 Å². The molecule has 0 aliphatic heterocycles. The summed E-state index contributed by atoms with van der Waals surface area (Å²) in [5.74, 6) is 0. The molecule has 0 saturated heterocycles. The van der Waals surface area contributed by atoms with E-state index in [9.17, 15) is 0 Å². The van der Waals surface area contributed by atoms with E-state index in [0.717, 1.165) is 58.5 Å². The van der Waals surface area contributed by atoms with E-state index in [2.05, 4.69) is 29.9 Å². The van der Waals surface area contributed by atoms with Crippen LogP contribution in [0.3, 0.4) is 0 Å². The van der Waals surface area contributed by atoms with Crippen molar-refractivity contribution in [2.45, 2.75) is 12.8 Å². The van der Waals surface area contributed by atoms with Gasteiger partial charge in [0.25, 0.3) is 0 Å². The highest BCUT2D eigenvalue weighted by Crippen LogP contribution is 2.08. The third kappa shape index (κ3) is 8.88. The van der Waals surface area contributed by atoms with E-state index in [1.807, 2.05) is 73.4 Å². The molecule has 4 rings (SSSR count). The summed E-state index contributed by atoms with van der Waals surface area (Å²) in [5, 5.41) is 1.49. The number of hydrogen-bond donors (Lipinski definition) is 2. The lowest BCUT2D eigenvalue weighted by molar-refractivity contribution is 0.939. The van der Waals surface area contributed by atoms with Gasteiger partial charge >= 0.3 is 0 Å². The molecule has 6 nitrogen and oxygen atoms in total. The number of aromatic amines is 2. The first-order valence-corrected chi connectivity index (χ1v) is 10.9. The largest absolute Gasteiger partial charge is 0.348 e. The van der Waals surface area contributed by atoms with Crippen molar-refractivity contribution in [1.29, 1.82) is 0 Å². The normalized spacial score (nSPS) is 11.1. The number of rotatable bonds is 8. The van der Waals surface area contributed by atoms with Crippen LogP contribution < -0.4 is 0 Å². The van der Waals surface area contributed by atoms with Crippen LogP contribution in [0.15, 0.2) is 83.6 Å². The Morgan fingerprint density at radius 2 is 1.06 bits per heavy atom. The number of nitrogens with one attached hydrogen (secondary N) is 2. The summed E-state index contributed by atoms with van der Waals surface area (Å²) in [6.45, 7) is 1.51. The van der Waals surface area contributed by atoms with Crippen LogP contribution in [0.1, 0.15) is 22.5 Å². The molecule has 8 heteroatoms. The maximum absolute atomic E-state index is 5.78. The summed E-state index contributed by atoms with van der Waals surface area (Å²) in [5.41, 5.74) is 4.34. The summed E-state index contributed by atoms with van der Waals surface area (Å²) < 4.78 is 0. The SMILES string of the molecule is Clc1ccc(C=NCCc2cnc[nH]2)cc1.Clc1ccc(C=NCCc2cnc[nH]2)cc1. The van der Waals surface area contributed by atoms with Gasteiger partial charge < -0.3 is 9.97 Å². The Balaban J connectivity index is 0.000000181. The molecule has 2 heterocycles. The molecular formula is C24H24Cl2N6. The van der Waals surface area contributed by atoms with E-state index in [0.29, 0.717) is 0 Å². The molecule has 32 heavy (non-hydrogen) atoms. The first kappa shape index (κ1) is 23.4. The number of halogens is 2. The van der Waals surface area contributed by atoms with Crippen molar-refractivity contribution in [2.24, 2.45) is 9.98 Å². The first-order valence-electron chi connectivity index (χ1n) is 10.1. The van der Waals surface area contributed by atoms with Gasteiger partial charge in [0, 0.05) is 72.2 Å². The second kappa shape index (κ2) is 13.2. The second-order valence-electron chi connectivity index (χ2n) is 6.83. The third-order valence-corrected chi connectivity index (χ3v) is 4.85. The minimum atomic E-state index is 0.745. The fraction of sp³-hybridized carbons (Fsp3) is 0.167. The molecule has 0 bridgehead atoms. The minimum Gasteiger partial charge on any atom is -0.348 e. The summed E-state index contributed by atoms with van der Waals surface area (Å²) >= 11 is 11.6. The molecule has 0 saturated carbocycles. The van der Waals surface area contributed by atoms with Gasteiger partial charge in [-0.3, -0.25) is 9.98 Å². The number of hydrogen-bond acceptors (Lipinski definition) is 4. The molecule has 0 amide bonds. The van der Waals surface area contributed by atoms with Crippen LogP contribution in [0.25, 0.3) is 0 Å². The van der Waals surface area contributed by atoms with Gasteiger partial charge in [0.2, 0.25) is 0 Å². The lowest BCUT2D eigenvalue weighted by atomic mass is 10.2. The van der Waals surface area contributed by atoms with Crippen molar-refractivity contribution in [3.05, 3.63) is 106 Å². The summed E-state index contributed by atoms with van der Waals surface area (Å²) in [6, 6.07) is 15.2. The van der Waals surface area contributed by atoms with Crippen LogP contribution in [0.5, 0.6) is 0 Å². The average Bonchev–Trinajstić information content (AvgIpc) is 3.52. The molecule has 164 valence electrons. The molecule has 0 fully saturated rings. The Morgan fingerprint density at radius 3 is 1.41 bits per heavy atom. The predicted molar refractivity (Wildman–Crippen MR) is 132 cm³/mol. The quantitative estimate of drug-likeness (QED) is 0.338. The number of aromatic nitrogens is 4. The van der Waals surface area contributed by atoms with Crippen LogP contribution in [0.4, 0.5) is 0 Å². The van der Waals surface area contributed by atoms with Gasteiger partial charge in [0.1, 0.15) is 0 Å². The molecule has 0 spiro atoms. The number of aliphatic imine (C=N–C) groups is 2. The van der Waals surface area contributed by atoms with Gasteiger partial charge in [0.15, 0.2) is 0 Å². The lowest BCUT2D eigenvalue weighted by Gasteiger charge is -1.94. The molecule has 0 aliphatic carbocycles. The number of nitrogens with zero attached hydrogens (tertiary/aromatic N) is 4. The Bertz CT molecular complexity index is 981. The topological polar surface area (TPSA) is 82.1 Å². The van der Waals surface area contributed by atoms with Crippen LogP contribution in [-0.2, 0) is 12.8 Å². The zero-order valence-corrected chi connectivity index (χ0v) is 19.0. The molecule has 4 aromatic rings. The van der Waals surface area contributed by atoms with Crippen LogP contribution >= 0.6 is 23.2 Å². The molecular weight excluding hydrogens is 443 g/mol. The highest BCUT2D eigenvalue weighted by molar-refractivity contribution is 6.30. The average molecular weight is 467 g/mol. The van der Waals surface area contributed by atoms with Crippen molar-refractivity contribution in [1.82, 2.24) is 19.9 Å². The van der Waals surface area contributed by atoms with Gasteiger partial charge in [0.05, 0.1) is 12.7 Å². The minimum absolute atomic E-state index is 0.745. The number of benzene rings is 2. The van der Waals surface area contributed by atoms with E-state index in [-0.39, 0.29) is 0 Å². The monoisotopic (exact) mass is 466 g/mol. The zero-order chi connectivity index (χ0) is 22.4. The Labute approximate surface area is 197 Å². The Kier molecular flexibility index (Phi) is 9.71. The van der Waals surface area contributed by atoms with Crippen molar-refractivity contribution >= 4 is 35.6 Å². The van der Waals surface area contributed by atoms with Crippen molar-refractivity contribution in [3.8, 4) is 0 Å². The molecule has 0 radical (unpaired) electrons. The molecule has 2 N–H and O–H groups in total. The lowest BCUT2D eigenvalue weighted by Crippen LogP contribution is -1.90. The maximum Gasteiger partial charge on any atom is 0.0921 e. The molecule has 2 aromatic heterocycles. The zero-order valence-electron chi connectivity index (χ0n) is 17.5. The van der Waals surface area contributed by atoms with Crippen molar-refractivity contribution in [2.75, 3.05) is 13.1 Å². The van der Waals surface area contributed by atoms with Gasteiger partial charge in [-0.1, -0.05) is 47.5 Å². The molecule has 2 aromatic carbocycles. The van der Waals surface area contributed by atoms with E-state index < -0.39 is 0 Å². The number of H-pyrrole nitrogens is 2. The summed E-state index contributed by atoms with van der Waals surface area (Å²) in [4.78, 5) is 22.6. The third-order valence-electron chi connectivity index (χ3n) is 4.35. The maximum atomic E-state index is 5.78. The fourth-order valence-electron chi connectivity index (χ4n) is 2.65. The fourth-order valence-corrected chi connectivity index (χ4v) is 2.90. The van der Waals surface area contributed by atoms with Crippen LogP contribution in [-0.4, -0.2) is 45.5 Å². The van der Waals surface area contributed by atoms with E-state index >= 15 is 0 Å². The van der Waals surface area contributed by atoms with Crippen molar-refractivity contribution in [3.63, 3.8) is 0 Å². The van der Waals surface area contributed by atoms with E-state index in [4.69, 9.17) is 23.2 Å². The standard InChI is InChI=1S/2C12H12ClN3/c2*13-11-3-1-10(2-4-11)7-14-6-5-12-8-15-9-16-12/h2*1-4,7-9H,5-6H2,(H,15,16). The second-order valence-corrected chi connectivity index (χ2v) is 7.70. The van der Waals surface area contributed by atoms with E-state index in [1.54, 1.807) is 12.7 Å². The predicted octanol–water partition coefficient (Wildman–Crippen LogP) is 5.45. The first-order chi connectivity index (χ1) is 15.7. The Hall–Kier alpha value is -3.22. The Morgan fingerprint density at radius 1 is 0.656 bits per heavy atom. The van der Waals surface area contributed by atoms with Gasteiger partial charge in [-0.2, -0.15) is 0 Å². The van der Waals surface area contributed by atoms with Crippen molar-refractivity contribution < 1.29 is 0 Å². The summed E-state index contributed by atoms with van der Waals surface area (Å²) in [7, 11) is 0. The molecule has 0 atom stereocenters.